The van der Waals surface area contributed by atoms with Gasteiger partial charge in [0.05, 0.1) is 22.8 Å². The second-order valence-corrected chi connectivity index (χ2v) is 5.40. The third kappa shape index (κ3) is 1.61. The van der Waals surface area contributed by atoms with E-state index in [1.165, 1.54) is 6.07 Å². The van der Waals surface area contributed by atoms with Gasteiger partial charge in [-0.05, 0) is 42.7 Å². The summed E-state index contributed by atoms with van der Waals surface area (Å²) in [5.41, 5.74) is 4.80. The van der Waals surface area contributed by atoms with Crippen molar-refractivity contribution in [2.45, 2.75) is 19.9 Å². The molecule has 4 rings (SSSR count). The minimum Gasteiger partial charge on any atom is -0.263 e. The van der Waals surface area contributed by atoms with E-state index < -0.39 is 0 Å². The van der Waals surface area contributed by atoms with E-state index in [0.717, 1.165) is 40.7 Å². The summed E-state index contributed by atoms with van der Waals surface area (Å²) in [4.78, 5) is 0. The predicted molar refractivity (Wildman–Crippen MR) is 78.3 cm³/mol. The standard InChI is InChI=1S/C17H12FN3/c1-10-7-11(9-19)8-13-16(10)20-21-6-5-12-3-2-4-14(18)15(12)17(13)21/h2-4,7-8H,5-6H2,1H3. The van der Waals surface area contributed by atoms with Crippen LogP contribution in [0.3, 0.4) is 0 Å². The van der Waals surface area contributed by atoms with Crippen LogP contribution in [-0.2, 0) is 13.0 Å². The number of halogens is 1. The van der Waals surface area contributed by atoms with Crippen LogP contribution in [0.4, 0.5) is 4.39 Å². The molecular weight excluding hydrogens is 265 g/mol. The third-order valence-corrected chi connectivity index (χ3v) is 4.09. The quantitative estimate of drug-likeness (QED) is 0.630. The summed E-state index contributed by atoms with van der Waals surface area (Å²) >= 11 is 0. The summed E-state index contributed by atoms with van der Waals surface area (Å²) in [5, 5.41) is 14.6. The summed E-state index contributed by atoms with van der Waals surface area (Å²) in [7, 11) is 0. The van der Waals surface area contributed by atoms with Crippen molar-refractivity contribution in [1.29, 1.82) is 5.26 Å². The highest BCUT2D eigenvalue weighted by Crippen LogP contribution is 2.37. The molecule has 1 aromatic heterocycles. The maximum Gasteiger partial charge on any atom is 0.132 e. The maximum atomic E-state index is 14.3. The van der Waals surface area contributed by atoms with Gasteiger partial charge in [0, 0.05) is 17.5 Å². The predicted octanol–water partition coefficient (Wildman–Crippen LogP) is 3.58. The second kappa shape index (κ2) is 4.16. The summed E-state index contributed by atoms with van der Waals surface area (Å²) in [6, 6.07) is 11.0. The lowest BCUT2D eigenvalue weighted by molar-refractivity contribution is 0.586. The first-order chi connectivity index (χ1) is 10.2. The van der Waals surface area contributed by atoms with Crippen LogP contribution in [0.2, 0.25) is 0 Å². The highest BCUT2D eigenvalue weighted by atomic mass is 19.1. The lowest BCUT2D eigenvalue weighted by Gasteiger charge is -2.18. The Morgan fingerprint density at radius 1 is 1.33 bits per heavy atom. The number of fused-ring (bicyclic) bond motifs is 5. The molecule has 0 unspecified atom stereocenters. The molecule has 3 nitrogen and oxygen atoms in total. The summed E-state index contributed by atoms with van der Waals surface area (Å²) < 4.78 is 16.2. The smallest absolute Gasteiger partial charge is 0.132 e. The Morgan fingerprint density at radius 3 is 3.00 bits per heavy atom. The fraction of sp³-hybridized carbons (Fsp3) is 0.176. The molecule has 0 fully saturated rings. The van der Waals surface area contributed by atoms with Gasteiger partial charge in [-0.15, -0.1) is 0 Å². The minimum absolute atomic E-state index is 0.227. The molecule has 0 amide bonds. The molecule has 1 aliphatic heterocycles. The van der Waals surface area contributed by atoms with Crippen LogP contribution in [0.1, 0.15) is 16.7 Å². The lowest BCUT2D eigenvalue weighted by Crippen LogP contribution is -2.12. The molecule has 2 aromatic carbocycles. The Hall–Kier alpha value is -2.67. The highest BCUT2D eigenvalue weighted by molar-refractivity contribution is 5.97. The molecule has 0 saturated carbocycles. The minimum atomic E-state index is -0.227. The van der Waals surface area contributed by atoms with E-state index >= 15 is 0 Å². The Morgan fingerprint density at radius 2 is 2.19 bits per heavy atom. The number of aromatic nitrogens is 2. The van der Waals surface area contributed by atoms with Gasteiger partial charge < -0.3 is 0 Å². The molecule has 0 aliphatic carbocycles. The molecule has 2 heterocycles. The molecule has 0 bridgehead atoms. The van der Waals surface area contributed by atoms with Crippen molar-refractivity contribution in [3.8, 4) is 17.3 Å². The number of nitriles is 1. The van der Waals surface area contributed by atoms with Crippen molar-refractivity contribution in [3.05, 3.63) is 52.8 Å². The molecule has 0 spiro atoms. The van der Waals surface area contributed by atoms with Gasteiger partial charge in [0.1, 0.15) is 5.82 Å². The van der Waals surface area contributed by atoms with E-state index in [1.807, 2.05) is 29.8 Å². The zero-order valence-electron chi connectivity index (χ0n) is 11.5. The average Bonchev–Trinajstić information content (AvgIpc) is 2.86. The number of rotatable bonds is 0. The first-order valence-corrected chi connectivity index (χ1v) is 6.88. The number of benzene rings is 2. The molecule has 3 aromatic rings. The van der Waals surface area contributed by atoms with Crippen LogP contribution >= 0.6 is 0 Å². The van der Waals surface area contributed by atoms with Gasteiger partial charge in [0.25, 0.3) is 0 Å². The Kier molecular flexibility index (Phi) is 2.40. The van der Waals surface area contributed by atoms with Crippen LogP contribution in [0.5, 0.6) is 0 Å². The van der Waals surface area contributed by atoms with Crippen LogP contribution in [0, 0.1) is 24.1 Å². The first kappa shape index (κ1) is 12.1. The van der Waals surface area contributed by atoms with E-state index in [-0.39, 0.29) is 5.82 Å². The van der Waals surface area contributed by atoms with E-state index in [4.69, 9.17) is 5.26 Å². The Labute approximate surface area is 121 Å². The van der Waals surface area contributed by atoms with Gasteiger partial charge in [-0.1, -0.05) is 12.1 Å². The molecule has 1 aliphatic rings. The molecule has 21 heavy (non-hydrogen) atoms. The van der Waals surface area contributed by atoms with Crippen LogP contribution < -0.4 is 0 Å². The van der Waals surface area contributed by atoms with Crippen LogP contribution in [0.25, 0.3) is 22.2 Å². The highest BCUT2D eigenvalue weighted by Gasteiger charge is 2.24. The van der Waals surface area contributed by atoms with Gasteiger partial charge in [-0.25, -0.2) is 4.39 Å². The van der Waals surface area contributed by atoms with Crippen molar-refractivity contribution in [2.24, 2.45) is 0 Å². The van der Waals surface area contributed by atoms with Crippen molar-refractivity contribution >= 4 is 10.9 Å². The first-order valence-electron chi connectivity index (χ1n) is 6.88. The molecule has 0 N–H and O–H groups in total. The van der Waals surface area contributed by atoms with Gasteiger partial charge in [-0.3, -0.25) is 4.68 Å². The van der Waals surface area contributed by atoms with Crippen molar-refractivity contribution in [2.75, 3.05) is 0 Å². The Balaban J connectivity index is 2.16. The van der Waals surface area contributed by atoms with Gasteiger partial charge in [-0.2, -0.15) is 10.4 Å². The van der Waals surface area contributed by atoms with Gasteiger partial charge in [0.2, 0.25) is 0 Å². The number of aryl methyl sites for hydroxylation is 3. The van der Waals surface area contributed by atoms with Gasteiger partial charge in [0.15, 0.2) is 0 Å². The topological polar surface area (TPSA) is 41.6 Å². The summed E-state index contributed by atoms with van der Waals surface area (Å²) in [6.07, 6.45) is 0.776. The average molecular weight is 277 g/mol. The van der Waals surface area contributed by atoms with Crippen LogP contribution in [-0.4, -0.2) is 9.78 Å². The zero-order chi connectivity index (χ0) is 14.6. The molecule has 102 valence electrons. The van der Waals surface area contributed by atoms with E-state index in [9.17, 15) is 4.39 Å². The largest absolute Gasteiger partial charge is 0.263 e. The van der Waals surface area contributed by atoms with Gasteiger partial charge >= 0.3 is 0 Å². The third-order valence-electron chi connectivity index (χ3n) is 4.09. The van der Waals surface area contributed by atoms with E-state index in [2.05, 4.69) is 11.2 Å². The normalized spacial score (nSPS) is 12.8. The summed E-state index contributed by atoms with van der Waals surface area (Å²) in [5.74, 6) is -0.227. The number of hydrogen-bond acceptors (Lipinski definition) is 2. The van der Waals surface area contributed by atoms with Crippen molar-refractivity contribution < 1.29 is 4.39 Å². The SMILES string of the molecule is Cc1cc(C#N)cc2c3n(nc12)CCc1cccc(F)c1-3. The lowest BCUT2D eigenvalue weighted by atomic mass is 9.95. The number of hydrogen-bond donors (Lipinski definition) is 0. The molecule has 0 radical (unpaired) electrons. The van der Waals surface area contributed by atoms with Crippen LogP contribution in [0.15, 0.2) is 30.3 Å². The fourth-order valence-electron chi connectivity index (χ4n) is 3.16. The van der Waals surface area contributed by atoms with Crippen molar-refractivity contribution in [3.63, 3.8) is 0 Å². The van der Waals surface area contributed by atoms with E-state index in [1.54, 1.807) is 6.07 Å². The Bertz CT molecular complexity index is 931. The molecule has 4 heteroatoms. The second-order valence-electron chi connectivity index (χ2n) is 5.40. The molecule has 0 atom stereocenters. The zero-order valence-corrected chi connectivity index (χ0v) is 11.5. The van der Waals surface area contributed by atoms with E-state index in [0.29, 0.717) is 11.1 Å². The maximum absolute atomic E-state index is 14.3. The number of nitrogens with zero attached hydrogens (tertiary/aromatic N) is 3. The molecule has 0 saturated heterocycles. The summed E-state index contributed by atoms with van der Waals surface area (Å²) in [6.45, 7) is 2.67. The van der Waals surface area contributed by atoms with Crippen molar-refractivity contribution in [1.82, 2.24) is 9.78 Å². The fourth-order valence-corrected chi connectivity index (χ4v) is 3.16. The molecular formula is C17H12FN3. The monoisotopic (exact) mass is 277 g/mol.